The summed E-state index contributed by atoms with van der Waals surface area (Å²) in [6.45, 7) is 0.577. The molecule has 4 nitrogen and oxygen atoms in total. The zero-order valence-corrected chi connectivity index (χ0v) is 8.22. The molecular formula is C11H12N4. The lowest BCUT2D eigenvalue weighted by Crippen LogP contribution is -2.15. The molecule has 15 heavy (non-hydrogen) atoms. The summed E-state index contributed by atoms with van der Waals surface area (Å²) in [4.78, 5) is 11.2. The molecule has 0 radical (unpaired) electrons. The number of hydrogen-bond acceptors (Lipinski definition) is 2. The quantitative estimate of drug-likeness (QED) is 0.579. The van der Waals surface area contributed by atoms with Gasteiger partial charge < -0.3 is 10.7 Å². The number of rotatable bonds is 3. The fraction of sp³-hybridized carbons (Fsp3) is 0.0909. The fourth-order valence-corrected chi connectivity index (χ4v) is 1.24. The Balaban J connectivity index is 2.06. The van der Waals surface area contributed by atoms with Gasteiger partial charge in [-0.25, -0.2) is 4.98 Å². The number of aromatic amines is 1. The van der Waals surface area contributed by atoms with Gasteiger partial charge in [0.25, 0.3) is 0 Å². The van der Waals surface area contributed by atoms with Crippen LogP contribution in [0.5, 0.6) is 0 Å². The first-order chi connectivity index (χ1) is 7.36. The van der Waals surface area contributed by atoms with Crippen LogP contribution in [-0.4, -0.2) is 15.8 Å². The average molecular weight is 200 g/mol. The summed E-state index contributed by atoms with van der Waals surface area (Å²) in [5, 5.41) is 0. The molecular weight excluding hydrogens is 188 g/mol. The van der Waals surface area contributed by atoms with Gasteiger partial charge in [0.1, 0.15) is 0 Å². The van der Waals surface area contributed by atoms with E-state index in [2.05, 4.69) is 15.0 Å². The normalized spacial score (nSPS) is 11.6. The maximum Gasteiger partial charge on any atom is 0.172 e. The van der Waals surface area contributed by atoms with Crippen LogP contribution < -0.4 is 5.73 Å². The number of aromatic nitrogens is 2. The van der Waals surface area contributed by atoms with E-state index in [1.54, 1.807) is 12.4 Å². The molecule has 0 aliphatic heterocycles. The number of benzene rings is 1. The first-order valence-electron chi connectivity index (χ1n) is 4.70. The lowest BCUT2D eigenvalue weighted by atomic mass is 10.2. The standard InChI is InChI=1S/C11H12N4/c12-10(11-13-6-7-14-11)15-8-9-4-2-1-3-5-9/h1-7H,8H2,(H2,12,15)(H,13,14). The molecule has 2 rings (SSSR count). The van der Waals surface area contributed by atoms with Crippen molar-refractivity contribution in [1.29, 1.82) is 0 Å². The molecule has 0 aliphatic rings. The van der Waals surface area contributed by atoms with Crippen LogP contribution >= 0.6 is 0 Å². The Labute approximate surface area is 87.9 Å². The highest BCUT2D eigenvalue weighted by Gasteiger charge is 1.98. The molecule has 0 amide bonds. The Morgan fingerprint density at radius 2 is 2.13 bits per heavy atom. The molecule has 2 aromatic rings. The molecule has 0 fully saturated rings. The molecule has 1 heterocycles. The van der Waals surface area contributed by atoms with E-state index in [1.165, 1.54) is 0 Å². The molecule has 4 heteroatoms. The van der Waals surface area contributed by atoms with E-state index in [4.69, 9.17) is 5.73 Å². The predicted octanol–water partition coefficient (Wildman–Crippen LogP) is 1.32. The van der Waals surface area contributed by atoms with Crippen LogP contribution in [0.3, 0.4) is 0 Å². The van der Waals surface area contributed by atoms with Crippen LogP contribution in [0.2, 0.25) is 0 Å². The summed E-state index contributed by atoms with van der Waals surface area (Å²) < 4.78 is 0. The summed E-state index contributed by atoms with van der Waals surface area (Å²) in [5.41, 5.74) is 6.88. The minimum absolute atomic E-state index is 0.434. The van der Waals surface area contributed by atoms with Crippen LogP contribution in [0.1, 0.15) is 11.4 Å². The summed E-state index contributed by atoms with van der Waals surface area (Å²) in [7, 11) is 0. The Morgan fingerprint density at radius 3 is 2.80 bits per heavy atom. The Kier molecular flexibility index (Phi) is 2.78. The van der Waals surface area contributed by atoms with Crippen molar-refractivity contribution in [2.45, 2.75) is 6.54 Å². The van der Waals surface area contributed by atoms with Crippen molar-refractivity contribution in [3.05, 3.63) is 54.1 Å². The van der Waals surface area contributed by atoms with Crippen molar-refractivity contribution in [1.82, 2.24) is 9.97 Å². The van der Waals surface area contributed by atoms with Gasteiger partial charge in [-0.15, -0.1) is 0 Å². The van der Waals surface area contributed by atoms with Crippen LogP contribution in [0.15, 0.2) is 47.7 Å². The highest BCUT2D eigenvalue weighted by atomic mass is 15.0. The molecule has 0 bridgehead atoms. The molecule has 3 N–H and O–H groups in total. The van der Waals surface area contributed by atoms with Gasteiger partial charge in [0.15, 0.2) is 11.7 Å². The molecule has 0 aliphatic carbocycles. The summed E-state index contributed by atoms with van der Waals surface area (Å²) in [5.74, 6) is 1.05. The van der Waals surface area contributed by atoms with Crippen molar-refractivity contribution < 1.29 is 0 Å². The van der Waals surface area contributed by atoms with Gasteiger partial charge in [-0.1, -0.05) is 30.3 Å². The number of aliphatic imine (C=N–C) groups is 1. The second-order valence-corrected chi connectivity index (χ2v) is 3.12. The SMILES string of the molecule is NC(=NCc1ccccc1)c1ncc[nH]1. The molecule has 0 saturated carbocycles. The molecule has 1 aromatic carbocycles. The maximum absolute atomic E-state index is 5.74. The van der Waals surface area contributed by atoms with Gasteiger partial charge in [-0.05, 0) is 5.56 Å². The van der Waals surface area contributed by atoms with Gasteiger partial charge in [-0.2, -0.15) is 0 Å². The third-order valence-electron chi connectivity index (χ3n) is 2.02. The van der Waals surface area contributed by atoms with Gasteiger partial charge >= 0.3 is 0 Å². The third kappa shape index (κ3) is 2.43. The van der Waals surface area contributed by atoms with E-state index in [9.17, 15) is 0 Å². The summed E-state index contributed by atoms with van der Waals surface area (Å²) in [6, 6.07) is 9.96. The fourth-order valence-electron chi connectivity index (χ4n) is 1.24. The Bertz CT molecular complexity index is 431. The van der Waals surface area contributed by atoms with Crippen LogP contribution in [-0.2, 0) is 6.54 Å². The molecule has 0 spiro atoms. The largest absolute Gasteiger partial charge is 0.381 e. The van der Waals surface area contributed by atoms with Gasteiger partial charge in [0.05, 0.1) is 6.54 Å². The van der Waals surface area contributed by atoms with Crippen LogP contribution in [0, 0.1) is 0 Å². The number of amidine groups is 1. The van der Waals surface area contributed by atoms with Crippen molar-refractivity contribution in [2.75, 3.05) is 0 Å². The van der Waals surface area contributed by atoms with E-state index in [1.807, 2.05) is 30.3 Å². The second kappa shape index (κ2) is 4.41. The monoisotopic (exact) mass is 200 g/mol. The van der Waals surface area contributed by atoms with Gasteiger partial charge in [0, 0.05) is 12.4 Å². The van der Waals surface area contributed by atoms with E-state index < -0.39 is 0 Å². The number of nitrogens with zero attached hydrogens (tertiary/aromatic N) is 2. The first kappa shape index (κ1) is 9.45. The summed E-state index contributed by atoms with van der Waals surface area (Å²) >= 11 is 0. The van der Waals surface area contributed by atoms with E-state index >= 15 is 0 Å². The third-order valence-corrected chi connectivity index (χ3v) is 2.02. The molecule has 76 valence electrons. The van der Waals surface area contributed by atoms with E-state index in [0.29, 0.717) is 18.2 Å². The van der Waals surface area contributed by atoms with E-state index in [-0.39, 0.29) is 0 Å². The highest BCUT2D eigenvalue weighted by molar-refractivity contribution is 5.93. The number of nitrogens with one attached hydrogen (secondary N) is 1. The zero-order valence-electron chi connectivity index (χ0n) is 8.22. The highest BCUT2D eigenvalue weighted by Crippen LogP contribution is 2.00. The molecule has 1 aromatic heterocycles. The van der Waals surface area contributed by atoms with Crippen molar-refractivity contribution in [3.8, 4) is 0 Å². The average Bonchev–Trinajstić information content (AvgIpc) is 2.81. The van der Waals surface area contributed by atoms with Crippen molar-refractivity contribution in [3.63, 3.8) is 0 Å². The Hall–Kier alpha value is -2.10. The summed E-state index contributed by atoms with van der Waals surface area (Å²) in [6.07, 6.45) is 3.38. The number of imidazole rings is 1. The smallest absolute Gasteiger partial charge is 0.172 e. The second-order valence-electron chi connectivity index (χ2n) is 3.12. The van der Waals surface area contributed by atoms with Crippen LogP contribution in [0.4, 0.5) is 0 Å². The predicted molar refractivity (Wildman–Crippen MR) is 59.5 cm³/mol. The van der Waals surface area contributed by atoms with Gasteiger partial charge in [0.2, 0.25) is 0 Å². The zero-order chi connectivity index (χ0) is 10.5. The van der Waals surface area contributed by atoms with E-state index in [0.717, 1.165) is 5.56 Å². The topological polar surface area (TPSA) is 67.1 Å². The number of hydrogen-bond donors (Lipinski definition) is 2. The van der Waals surface area contributed by atoms with Crippen molar-refractivity contribution in [2.24, 2.45) is 10.7 Å². The minimum Gasteiger partial charge on any atom is -0.381 e. The lowest BCUT2D eigenvalue weighted by Gasteiger charge is -1.97. The lowest BCUT2D eigenvalue weighted by molar-refractivity contribution is 1.05. The van der Waals surface area contributed by atoms with Crippen LogP contribution in [0.25, 0.3) is 0 Å². The van der Waals surface area contributed by atoms with Crippen molar-refractivity contribution >= 4 is 5.84 Å². The number of nitrogens with two attached hydrogens (primary N) is 1. The minimum atomic E-state index is 0.434. The molecule has 0 unspecified atom stereocenters. The molecule has 0 atom stereocenters. The van der Waals surface area contributed by atoms with Gasteiger partial charge in [-0.3, -0.25) is 4.99 Å². The number of H-pyrrole nitrogens is 1. The molecule has 0 saturated heterocycles. The Morgan fingerprint density at radius 1 is 1.33 bits per heavy atom. The maximum atomic E-state index is 5.74. The first-order valence-corrected chi connectivity index (χ1v) is 4.70.